The van der Waals surface area contributed by atoms with Crippen molar-refractivity contribution in [3.63, 3.8) is 0 Å². The Morgan fingerprint density at radius 1 is 0.758 bits per heavy atom. The third-order valence-electron chi connectivity index (χ3n) is 5.47. The average Bonchev–Trinajstić information content (AvgIpc) is 2.88. The molecule has 0 aromatic heterocycles. The summed E-state index contributed by atoms with van der Waals surface area (Å²) in [6.45, 7) is 6.28. The van der Waals surface area contributed by atoms with Crippen LogP contribution in [0.1, 0.15) is 28.3 Å². The fourth-order valence-electron chi connectivity index (χ4n) is 3.57. The third-order valence-corrected chi connectivity index (χ3v) is 5.47. The number of aryl methyl sites for hydroxylation is 1. The molecule has 0 fully saturated rings. The van der Waals surface area contributed by atoms with Gasteiger partial charge in [0, 0.05) is 11.3 Å². The van der Waals surface area contributed by atoms with E-state index in [1.54, 1.807) is 0 Å². The normalized spacial score (nSPS) is 11.9. The molecule has 4 aromatic carbocycles. The summed E-state index contributed by atoms with van der Waals surface area (Å²) in [6.07, 6.45) is 5.94. The highest BCUT2D eigenvalue weighted by Gasteiger charge is 2.12. The largest absolute Gasteiger partial charge is 0.340 e. The Morgan fingerprint density at radius 2 is 1.33 bits per heavy atom. The van der Waals surface area contributed by atoms with E-state index in [1.807, 2.05) is 60.7 Å². The predicted molar refractivity (Wildman–Crippen MR) is 140 cm³/mol. The zero-order valence-corrected chi connectivity index (χ0v) is 18.7. The number of terminal acetylenes is 1. The molecular weight excluding hydrogens is 400 g/mol. The van der Waals surface area contributed by atoms with Gasteiger partial charge in [-0.15, -0.1) is 6.42 Å². The summed E-state index contributed by atoms with van der Waals surface area (Å²) < 4.78 is 0. The molecule has 33 heavy (non-hydrogen) atoms. The summed E-state index contributed by atoms with van der Waals surface area (Å²) in [6, 6.07) is 36.4. The van der Waals surface area contributed by atoms with E-state index in [1.165, 1.54) is 11.1 Å². The first-order chi connectivity index (χ1) is 16.1. The number of nitrogens with one attached hydrogen (secondary N) is 1. The van der Waals surface area contributed by atoms with Crippen LogP contribution in [0.5, 0.6) is 0 Å². The average molecular weight is 427 g/mol. The minimum atomic E-state index is -0.429. The molecule has 0 radical (unpaired) electrons. The van der Waals surface area contributed by atoms with Crippen LogP contribution in [-0.2, 0) is 0 Å². The second-order valence-electron chi connectivity index (χ2n) is 7.87. The van der Waals surface area contributed by atoms with Crippen molar-refractivity contribution in [2.45, 2.75) is 13.0 Å². The molecule has 1 atom stereocenters. The minimum absolute atomic E-state index is 0.429. The molecule has 0 aliphatic heterocycles. The SMILES string of the molecule is C#CC(N=C(NC(=C)c1ccccc1)c1ccc(C)cc1)c1ccc(-c2ccccc2)cc1. The van der Waals surface area contributed by atoms with Crippen LogP contribution in [0.15, 0.2) is 121 Å². The van der Waals surface area contributed by atoms with Crippen molar-refractivity contribution in [3.8, 4) is 23.5 Å². The van der Waals surface area contributed by atoms with Gasteiger partial charge < -0.3 is 5.32 Å². The maximum atomic E-state index is 5.94. The Morgan fingerprint density at radius 3 is 1.94 bits per heavy atom. The van der Waals surface area contributed by atoms with Gasteiger partial charge in [0.15, 0.2) is 0 Å². The number of benzene rings is 4. The second-order valence-corrected chi connectivity index (χ2v) is 7.87. The monoisotopic (exact) mass is 426 g/mol. The van der Waals surface area contributed by atoms with Crippen LogP contribution in [0.4, 0.5) is 0 Å². The number of nitrogens with zero attached hydrogens (tertiary/aromatic N) is 1. The molecule has 2 heteroatoms. The fourth-order valence-corrected chi connectivity index (χ4v) is 3.57. The van der Waals surface area contributed by atoms with Crippen LogP contribution < -0.4 is 5.32 Å². The molecule has 4 aromatic rings. The standard InChI is InChI=1S/C31H26N2/c1-4-30(28-21-19-27(20-22-28)26-13-9-6-10-14-26)33-31(29-17-15-23(2)16-18-29)32-24(3)25-11-7-5-8-12-25/h1,5-22,30H,3H2,2H3,(H,32,33). The van der Waals surface area contributed by atoms with E-state index in [9.17, 15) is 0 Å². The van der Waals surface area contributed by atoms with Crippen molar-refractivity contribution in [3.05, 3.63) is 138 Å². The van der Waals surface area contributed by atoms with Gasteiger partial charge in [-0.1, -0.05) is 127 Å². The Kier molecular flexibility index (Phi) is 6.83. The first kappa shape index (κ1) is 21.9. The molecule has 2 nitrogen and oxygen atoms in total. The van der Waals surface area contributed by atoms with Crippen LogP contribution in [0, 0.1) is 19.3 Å². The quantitative estimate of drug-likeness (QED) is 0.199. The Bertz CT molecular complexity index is 1280. The van der Waals surface area contributed by atoms with E-state index in [-0.39, 0.29) is 0 Å². The highest BCUT2D eigenvalue weighted by Crippen LogP contribution is 2.24. The fraction of sp³-hybridized carbons (Fsp3) is 0.0645. The summed E-state index contributed by atoms with van der Waals surface area (Å²) in [4.78, 5) is 4.94. The zero-order chi connectivity index (χ0) is 23.0. The molecule has 1 N–H and O–H groups in total. The van der Waals surface area contributed by atoms with Crippen molar-refractivity contribution in [2.75, 3.05) is 0 Å². The molecule has 160 valence electrons. The first-order valence-electron chi connectivity index (χ1n) is 10.9. The van der Waals surface area contributed by atoms with E-state index in [4.69, 9.17) is 11.4 Å². The van der Waals surface area contributed by atoms with Gasteiger partial charge in [0.2, 0.25) is 0 Å². The molecule has 0 heterocycles. The molecular formula is C31H26N2. The number of hydrogen-bond donors (Lipinski definition) is 1. The van der Waals surface area contributed by atoms with Crippen LogP contribution in [0.2, 0.25) is 0 Å². The topological polar surface area (TPSA) is 24.4 Å². The number of aliphatic imine (C=N–C) groups is 1. The Labute approximate surface area is 196 Å². The summed E-state index contributed by atoms with van der Waals surface area (Å²) in [5.41, 5.74) is 7.20. The van der Waals surface area contributed by atoms with Gasteiger partial charge in [0.05, 0.1) is 0 Å². The summed E-state index contributed by atoms with van der Waals surface area (Å²) in [5, 5.41) is 3.40. The second kappa shape index (κ2) is 10.3. The van der Waals surface area contributed by atoms with Crippen LogP contribution in [0.3, 0.4) is 0 Å². The van der Waals surface area contributed by atoms with Gasteiger partial charge in [0.25, 0.3) is 0 Å². The van der Waals surface area contributed by atoms with Crippen LogP contribution >= 0.6 is 0 Å². The number of rotatable bonds is 6. The zero-order valence-electron chi connectivity index (χ0n) is 18.7. The van der Waals surface area contributed by atoms with Gasteiger partial charge in [0.1, 0.15) is 11.9 Å². The molecule has 0 saturated heterocycles. The maximum absolute atomic E-state index is 5.94. The summed E-state index contributed by atoms with van der Waals surface area (Å²) >= 11 is 0. The first-order valence-corrected chi connectivity index (χ1v) is 10.9. The lowest BCUT2D eigenvalue weighted by molar-refractivity contribution is 0.935. The van der Waals surface area contributed by atoms with Gasteiger partial charge in [-0.25, -0.2) is 4.99 Å². The van der Waals surface area contributed by atoms with Crippen LogP contribution in [-0.4, -0.2) is 5.84 Å². The molecule has 0 spiro atoms. The molecule has 1 unspecified atom stereocenters. The van der Waals surface area contributed by atoms with E-state index in [2.05, 4.69) is 73.3 Å². The third kappa shape index (κ3) is 5.47. The van der Waals surface area contributed by atoms with Gasteiger partial charge in [-0.3, -0.25) is 0 Å². The highest BCUT2D eigenvalue weighted by molar-refractivity contribution is 6.03. The Balaban J connectivity index is 1.66. The highest BCUT2D eigenvalue weighted by atomic mass is 15.0. The van der Waals surface area contributed by atoms with E-state index in [0.29, 0.717) is 5.84 Å². The van der Waals surface area contributed by atoms with Crippen molar-refractivity contribution in [1.29, 1.82) is 0 Å². The minimum Gasteiger partial charge on any atom is -0.340 e. The lowest BCUT2D eigenvalue weighted by Crippen LogP contribution is -2.23. The maximum Gasteiger partial charge on any atom is 0.137 e. The van der Waals surface area contributed by atoms with E-state index < -0.39 is 6.04 Å². The van der Waals surface area contributed by atoms with Crippen LogP contribution in [0.25, 0.3) is 16.8 Å². The molecule has 0 amide bonds. The lowest BCUT2D eigenvalue weighted by atomic mass is 10.0. The number of amidine groups is 1. The van der Waals surface area contributed by atoms with Crippen molar-refractivity contribution in [1.82, 2.24) is 5.32 Å². The Hall–Kier alpha value is -4.35. The molecule has 0 aliphatic rings. The van der Waals surface area contributed by atoms with Crippen molar-refractivity contribution >= 4 is 11.5 Å². The summed E-state index contributed by atoms with van der Waals surface area (Å²) in [5.74, 6) is 3.54. The lowest BCUT2D eigenvalue weighted by Gasteiger charge is -2.16. The molecule has 4 rings (SSSR count). The smallest absolute Gasteiger partial charge is 0.137 e. The van der Waals surface area contributed by atoms with Crippen molar-refractivity contribution in [2.24, 2.45) is 4.99 Å². The number of hydrogen-bond acceptors (Lipinski definition) is 1. The van der Waals surface area contributed by atoms with Gasteiger partial charge in [-0.2, -0.15) is 0 Å². The van der Waals surface area contributed by atoms with E-state index >= 15 is 0 Å². The van der Waals surface area contributed by atoms with Gasteiger partial charge in [-0.05, 0) is 29.2 Å². The summed E-state index contributed by atoms with van der Waals surface area (Å²) in [7, 11) is 0. The predicted octanol–water partition coefficient (Wildman–Crippen LogP) is 7.04. The molecule has 0 aliphatic carbocycles. The molecule has 0 saturated carbocycles. The van der Waals surface area contributed by atoms with Gasteiger partial charge >= 0.3 is 0 Å². The van der Waals surface area contributed by atoms with Crippen molar-refractivity contribution < 1.29 is 0 Å². The van der Waals surface area contributed by atoms with E-state index in [0.717, 1.165) is 28.0 Å². The molecule has 0 bridgehead atoms.